The summed E-state index contributed by atoms with van der Waals surface area (Å²) in [7, 11) is 0. The van der Waals surface area contributed by atoms with Crippen LogP contribution in [0, 0.1) is 5.21 Å². The molecule has 0 spiro atoms. The van der Waals surface area contributed by atoms with Gasteiger partial charge in [-0.1, -0.05) is 19.4 Å². The molecule has 1 aliphatic carbocycles. The summed E-state index contributed by atoms with van der Waals surface area (Å²) in [6, 6.07) is 0. The minimum atomic E-state index is -0.268. The lowest BCUT2D eigenvalue weighted by Gasteiger charge is -2.37. The molecule has 0 heterocycles. The van der Waals surface area contributed by atoms with E-state index in [-0.39, 0.29) is 10.8 Å². The predicted octanol–water partition coefficient (Wildman–Crippen LogP) is 1.95. The summed E-state index contributed by atoms with van der Waals surface area (Å²) in [6.07, 6.45) is 6.69. The molecule has 1 saturated carbocycles. The minimum Gasteiger partial charge on any atom is -0.590 e. The van der Waals surface area contributed by atoms with Gasteiger partial charge in [-0.3, -0.25) is 0 Å². The summed E-state index contributed by atoms with van der Waals surface area (Å²) in [4.78, 5) is 5.11. The highest BCUT2D eigenvalue weighted by atomic mass is 16.9. The zero-order valence-corrected chi connectivity index (χ0v) is 9.27. The molecule has 1 unspecified atom stereocenters. The average molecular weight is 199 g/mol. The van der Waals surface area contributed by atoms with Crippen LogP contribution in [0.4, 0.5) is 0 Å². The molecule has 0 saturated heterocycles. The van der Waals surface area contributed by atoms with Crippen molar-refractivity contribution < 1.29 is 10.1 Å². The molecule has 0 radical (unpaired) electrons. The van der Waals surface area contributed by atoms with Crippen LogP contribution in [0.1, 0.15) is 52.4 Å². The second kappa shape index (κ2) is 4.80. The third kappa shape index (κ3) is 3.00. The summed E-state index contributed by atoms with van der Waals surface area (Å²) in [5.74, 6) is 0.500. The van der Waals surface area contributed by atoms with E-state index in [1.54, 1.807) is 6.92 Å². The Hall–Kier alpha value is -0.540. The maximum absolute atomic E-state index is 11.8. The van der Waals surface area contributed by atoms with Gasteiger partial charge >= 0.3 is 0 Å². The van der Waals surface area contributed by atoms with Crippen molar-refractivity contribution in [1.29, 1.82) is 0 Å². The van der Waals surface area contributed by atoms with E-state index in [9.17, 15) is 5.21 Å². The molecule has 0 aliphatic heterocycles. The van der Waals surface area contributed by atoms with Crippen molar-refractivity contribution in [2.24, 2.45) is 0 Å². The maximum Gasteiger partial charge on any atom is 0.157 e. The van der Waals surface area contributed by atoms with E-state index in [0.717, 1.165) is 25.7 Å². The first-order valence-corrected chi connectivity index (χ1v) is 5.42. The number of nitrogens with one attached hydrogen (secondary N) is 1. The van der Waals surface area contributed by atoms with Gasteiger partial charge in [0.2, 0.25) is 0 Å². The van der Waals surface area contributed by atoms with E-state index in [1.165, 1.54) is 12.8 Å². The van der Waals surface area contributed by atoms with E-state index < -0.39 is 0 Å². The Kier molecular flexibility index (Phi) is 3.96. The second-order valence-electron chi connectivity index (χ2n) is 4.57. The van der Waals surface area contributed by atoms with E-state index in [4.69, 9.17) is 4.84 Å². The van der Waals surface area contributed by atoms with Crippen molar-refractivity contribution in [3.8, 4) is 0 Å². The monoisotopic (exact) mass is 199 g/mol. The van der Waals surface area contributed by atoms with E-state index in [0.29, 0.717) is 5.76 Å². The maximum atomic E-state index is 11.8. The van der Waals surface area contributed by atoms with Crippen molar-refractivity contribution >= 4 is 0 Å². The summed E-state index contributed by atoms with van der Waals surface area (Å²) in [5, 5.41) is 11.7. The molecule has 1 fully saturated rings. The summed E-state index contributed by atoms with van der Waals surface area (Å²) in [6.45, 7) is 7.34. The molecule has 1 atom stereocenters. The van der Waals surface area contributed by atoms with Gasteiger partial charge in [0.25, 0.3) is 0 Å². The molecule has 1 rings (SSSR count). The minimum absolute atomic E-state index is 0.0908. The van der Waals surface area contributed by atoms with Gasteiger partial charge in [0.15, 0.2) is 5.76 Å². The second-order valence-corrected chi connectivity index (χ2v) is 4.57. The predicted molar refractivity (Wildman–Crippen MR) is 56.3 cm³/mol. The molecular formula is C11H21NO2. The van der Waals surface area contributed by atoms with E-state index >= 15 is 0 Å². The van der Waals surface area contributed by atoms with Gasteiger partial charge in [-0.05, 0) is 26.7 Å². The SMILES string of the molecule is C=C(C)O[NH+]([O-])C1(C)CCCCCC1. The third-order valence-electron chi connectivity index (χ3n) is 2.97. The Bertz CT molecular complexity index is 195. The number of hydroxylamine groups is 2. The number of allylic oxidation sites excluding steroid dienone is 1. The normalized spacial score (nSPS) is 23.6. The molecule has 0 aromatic carbocycles. The Morgan fingerprint density at radius 2 is 1.79 bits per heavy atom. The zero-order valence-electron chi connectivity index (χ0n) is 9.27. The Morgan fingerprint density at radius 1 is 1.29 bits per heavy atom. The topological polar surface area (TPSA) is 36.7 Å². The lowest BCUT2D eigenvalue weighted by Crippen LogP contribution is -3.14. The van der Waals surface area contributed by atoms with Gasteiger partial charge in [0.05, 0.1) is 0 Å². The van der Waals surface area contributed by atoms with E-state index in [2.05, 4.69) is 6.58 Å². The van der Waals surface area contributed by atoms with Crippen LogP contribution in [-0.4, -0.2) is 5.54 Å². The quantitative estimate of drug-likeness (QED) is 0.428. The van der Waals surface area contributed by atoms with Crippen LogP contribution >= 0.6 is 0 Å². The van der Waals surface area contributed by atoms with Gasteiger partial charge < -0.3 is 10.0 Å². The lowest BCUT2D eigenvalue weighted by molar-refractivity contribution is -1.08. The number of rotatable bonds is 3. The molecule has 14 heavy (non-hydrogen) atoms. The van der Waals surface area contributed by atoms with Crippen LogP contribution in [-0.2, 0) is 4.84 Å². The summed E-state index contributed by atoms with van der Waals surface area (Å²) >= 11 is 0. The standard InChI is InChI=1S/C11H21NO2/c1-10(2)14-12(13)11(3)8-6-4-5-7-9-11/h12H,1,4-9H2,2-3H3. The first-order chi connectivity index (χ1) is 6.54. The molecule has 0 aromatic rings. The Labute approximate surface area is 86.3 Å². The van der Waals surface area contributed by atoms with Crippen LogP contribution in [0.2, 0.25) is 0 Å². The molecule has 0 amide bonds. The van der Waals surface area contributed by atoms with Gasteiger partial charge in [-0.15, -0.1) is 0 Å². The highest BCUT2D eigenvalue weighted by molar-refractivity contribution is 4.77. The largest absolute Gasteiger partial charge is 0.590 e. The number of hydrogen-bond acceptors (Lipinski definition) is 2. The highest BCUT2D eigenvalue weighted by Gasteiger charge is 2.34. The van der Waals surface area contributed by atoms with E-state index in [1.807, 2.05) is 6.92 Å². The van der Waals surface area contributed by atoms with Crippen molar-refractivity contribution in [3.63, 3.8) is 0 Å². The fraction of sp³-hybridized carbons (Fsp3) is 0.818. The van der Waals surface area contributed by atoms with Crippen LogP contribution in [0.15, 0.2) is 12.3 Å². The fourth-order valence-corrected chi connectivity index (χ4v) is 1.99. The molecule has 1 N–H and O–H groups in total. The van der Waals surface area contributed by atoms with Crippen molar-refractivity contribution in [2.45, 2.75) is 57.9 Å². The fourth-order valence-electron chi connectivity index (χ4n) is 1.99. The zero-order chi connectivity index (χ0) is 10.6. The van der Waals surface area contributed by atoms with Crippen molar-refractivity contribution in [2.75, 3.05) is 0 Å². The molecule has 0 aromatic heterocycles. The van der Waals surface area contributed by atoms with Crippen LogP contribution < -0.4 is 5.23 Å². The number of quaternary nitrogens is 1. The molecule has 1 aliphatic rings. The van der Waals surface area contributed by atoms with Gasteiger partial charge in [-0.2, -0.15) is 5.23 Å². The molecule has 82 valence electrons. The third-order valence-corrected chi connectivity index (χ3v) is 2.97. The van der Waals surface area contributed by atoms with Gasteiger partial charge in [0.1, 0.15) is 5.54 Å². The van der Waals surface area contributed by atoms with Crippen LogP contribution in [0.5, 0.6) is 0 Å². The Balaban J connectivity index is 2.56. The van der Waals surface area contributed by atoms with Gasteiger partial charge in [-0.25, -0.2) is 0 Å². The Morgan fingerprint density at radius 3 is 2.21 bits per heavy atom. The first-order valence-electron chi connectivity index (χ1n) is 5.42. The first kappa shape index (κ1) is 11.5. The highest BCUT2D eigenvalue weighted by Crippen LogP contribution is 2.24. The van der Waals surface area contributed by atoms with Crippen LogP contribution in [0.3, 0.4) is 0 Å². The molecule has 0 bridgehead atoms. The summed E-state index contributed by atoms with van der Waals surface area (Å²) < 4.78 is 0. The van der Waals surface area contributed by atoms with Gasteiger partial charge in [0, 0.05) is 12.8 Å². The summed E-state index contributed by atoms with van der Waals surface area (Å²) in [5.41, 5.74) is -0.268. The average Bonchev–Trinajstić information content (AvgIpc) is 2.30. The van der Waals surface area contributed by atoms with Crippen molar-refractivity contribution in [1.82, 2.24) is 0 Å². The molecular weight excluding hydrogens is 178 g/mol. The van der Waals surface area contributed by atoms with Crippen molar-refractivity contribution in [3.05, 3.63) is 17.5 Å². The molecule has 3 heteroatoms. The number of hydrogen-bond donors (Lipinski definition) is 1. The van der Waals surface area contributed by atoms with Crippen LogP contribution in [0.25, 0.3) is 0 Å². The lowest BCUT2D eigenvalue weighted by atomic mass is 9.93. The smallest absolute Gasteiger partial charge is 0.157 e. The molecule has 3 nitrogen and oxygen atoms in total.